The zero-order valence-electron chi connectivity index (χ0n) is 10.2. The first-order valence-electron chi connectivity index (χ1n) is 6.38. The van der Waals surface area contributed by atoms with E-state index in [4.69, 9.17) is 16.3 Å². The fourth-order valence-electron chi connectivity index (χ4n) is 2.28. The molecule has 2 fully saturated rings. The first-order valence-corrected chi connectivity index (χ1v) is 6.76. The van der Waals surface area contributed by atoms with Gasteiger partial charge in [0.2, 0.25) is 0 Å². The number of rotatable bonds is 4. The van der Waals surface area contributed by atoms with Crippen LogP contribution in [-0.4, -0.2) is 53.3 Å². The van der Waals surface area contributed by atoms with Crippen LogP contribution in [0.1, 0.15) is 12.8 Å². The van der Waals surface area contributed by atoms with E-state index in [9.17, 15) is 0 Å². The molecule has 2 heterocycles. The van der Waals surface area contributed by atoms with Crippen molar-refractivity contribution in [3.05, 3.63) is 17.5 Å². The van der Waals surface area contributed by atoms with Crippen molar-refractivity contribution in [1.82, 2.24) is 14.9 Å². The van der Waals surface area contributed by atoms with Crippen LogP contribution in [0.2, 0.25) is 5.15 Å². The molecule has 1 atom stereocenters. The van der Waals surface area contributed by atoms with Crippen molar-refractivity contribution in [3.8, 4) is 0 Å². The molecule has 98 valence electrons. The molecule has 1 aromatic heterocycles. The minimum absolute atomic E-state index is 0.222. The fourth-order valence-corrected chi connectivity index (χ4v) is 2.43. The lowest BCUT2D eigenvalue weighted by molar-refractivity contribution is -0.0241. The van der Waals surface area contributed by atoms with Gasteiger partial charge >= 0.3 is 0 Å². The second kappa shape index (κ2) is 5.38. The molecule has 1 aromatic rings. The van der Waals surface area contributed by atoms with Crippen LogP contribution in [0.4, 0.5) is 5.82 Å². The molecule has 0 radical (unpaired) electrons. The van der Waals surface area contributed by atoms with Crippen molar-refractivity contribution in [2.45, 2.75) is 25.0 Å². The molecule has 1 aliphatic carbocycles. The number of ether oxygens (including phenoxy) is 1. The normalized spacial score (nSPS) is 25.1. The minimum atomic E-state index is 0.222. The summed E-state index contributed by atoms with van der Waals surface area (Å²) in [5.41, 5.74) is 0. The number of hydrogen-bond acceptors (Lipinski definition) is 5. The van der Waals surface area contributed by atoms with Crippen LogP contribution >= 0.6 is 11.6 Å². The highest BCUT2D eigenvalue weighted by atomic mass is 35.5. The summed E-state index contributed by atoms with van der Waals surface area (Å²) >= 11 is 5.79. The maximum atomic E-state index is 5.79. The lowest BCUT2D eigenvalue weighted by Gasteiger charge is -2.33. The predicted octanol–water partition coefficient (Wildman–Crippen LogP) is 1.41. The van der Waals surface area contributed by atoms with Crippen molar-refractivity contribution in [2.24, 2.45) is 0 Å². The first-order chi connectivity index (χ1) is 8.81. The van der Waals surface area contributed by atoms with Gasteiger partial charge in [0.25, 0.3) is 0 Å². The third-order valence-electron chi connectivity index (χ3n) is 3.35. The van der Waals surface area contributed by atoms with Crippen LogP contribution in [0.25, 0.3) is 0 Å². The van der Waals surface area contributed by atoms with Gasteiger partial charge in [-0.15, -0.1) is 0 Å². The first kappa shape index (κ1) is 12.1. The summed E-state index contributed by atoms with van der Waals surface area (Å²) in [6.07, 6.45) is 6.12. The largest absolute Gasteiger partial charge is 0.374 e. The van der Waals surface area contributed by atoms with Gasteiger partial charge in [-0.2, -0.15) is 0 Å². The lowest BCUT2D eigenvalue weighted by Crippen LogP contribution is -2.46. The summed E-state index contributed by atoms with van der Waals surface area (Å²) in [6.45, 7) is 3.64. The average molecular weight is 269 g/mol. The Bertz CT molecular complexity index is 413. The van der Waals surface area contributed by atoms with Gasteiger partial charge in [0.15, 0.2) is 0 Å². The van der Waals surface area contributed by atoms with Crippen LogP contribution in [0.5, 0.6) is 0 Å². The highest BCUT2D eigenvalue weighted by Crippen LogP contribution is 2.28. The molecule has 3 rings (SSSR count). The van der Waals surface area contributed by atoms with E-state index in [-0.39, 0.29) is 6.10 Å². The van der Waals surface area contributed by atoms with Crippen LogP contribution in [0, 0.1) is 0 Å². The zero-order chi connectivity index (χ0) is 12.4. The third kappa shape index (κ3) is 3.10. The van der Waals surface area contributed by atoms with Crippen molar-refractivity contribution in [3.63, 3.8) is 0 Å². The molecular weight excluding hydrogens is 252 g/mol. The van der Waals surface area contributed by atoms with Gasteiger partial charge in [-0.25, -0.2) is 4.98 Å². The maximum absolute atomic E-state index is 5.79. The van der Waals surface area contributed by atoms with Gasteiger partial charge in [-0.1, -0.05) is 11.6 Å². The molecule has 0 spiro atoms. The molecule has 1 N–H and O–H groups in total. The average Bonchev–Trinajstić information content (AvgIpc) is 3.21. The van der Waals surface area contributed by atoms with Crippen LogP contribution in [-0.2, 0) is 4.74 Å². The topological polar surface area (TPSA) is 50.3 Å². The van der Waals surface area contributed by atoms with Gasteiger partial charge in [-0.05, 0) is 12.8 Å². The Balaban J connectivity index is 1.50. The Hall–Kier alpha value is -0.910. The summed E-state index contributed by atoms with van der Waals surface area (Å²) in [7, 11) is 0. The SMILES string of the molecule is Clc1cncc(NC[C@H]2CN(C3CC3)CCO2)n1. The lowest BCUT2D eigenvalue weighted by atomic mass is 10.2. The Labute approximate surface area is 112 Å². The second-order valence-corrected chi connectivity index (χ2v) is 5.21. The van der Waals surface area contributed by atoms with Crippen molar-refractivity contribution in [2.75, 3.05) is 31.6 Å². The number of nitrogens with one attached hydrogen (secondary N) is 1. The van der Waals surface area contributed by atoms with Crippen LogP contribution in [0.15, 0.2) is 12.4 Å². The zero-order valence-corrected chi connectivity index (χ0v) is 10.9. The highest BCUT2D eigenvalue weighted by Gasteiger charge is 2.32. The number of halogens is 1. The van der Waals surface area contributed by atoms with E-state index in [0.29, 0.717) is 11.0 Å². The van der Waals surface area contributed by atoms with Gasteiger partial charge < -0.3 is 10.1 Å². The number of nitrogens with zero attached hydrogens (tertiary/aromatic N) is 3. The molecule has 2 aliphatic rings. The molecule has 6 heteroatoms. The number of anilines is 1. The minimum Gasteiger partial charge on any atom is -0.374 e. The van der Waals surface area contributed by atoms with Gasteiger partial charge in [-0.3, -0.25) is 9.88 Å². The van der Waals surface area contributed by atoms with E-state index in [1.807, 2.05) is 0 Å². The molecule has 1 saturated heterocycles. The van der Waals surface area contributed by atoms with Crippen molar-refractivity contribution >= 4 is 17.4 Å². The summed E-state index contributed by atoms with van der Waals surface area (Å²) in [5, 5.41) is 3.63. The van der Waals surface area contributed by atoms with Gasteiger partial charge in [0, 0.05) is 25.7 Å². The molecule has 1 saturated carbocycles. The Morgan fingerprint density at radius 1 is 1.44 bits per heavy atom. The monoisotopic (exact) mass is 268 g/mol. The van der Waals surface area contributed by atoms with E-state index in [1.165, 1.54) is 19.0 Å². The summed E-state index contributed by atoms with van der Waals surface area (Å²) in [4.78, 5) is 10.7. The van der Waals surface area contributed by atoms with Crippen molar-refractivity contribution < 1.29 is 4.74 Å². The van der Waals surface area contributed by atoms with Crippen LogP contribution < -0.4 is 5.32 Å². The number of hydrogen-bond donors (Lipinski definition) is 1. The Morgan fingerprint density at radius 3 is 3.11 bits per heavy atom. The Kier molecular flexibility index (Phi) is 3.63. The maximum Gasteiger partial charge on any atom is 0.149 e. The number of aromatic nitrogens is 2. The second-order valence-electron chi connectivity index (χ2n) is 4.83. The van der Waals surface area contributed by atoms with Gasteiger partial charge in [0.1, 0.15) is 11.0 Å². The van der Waals surface area contributed by atoms with E-state index < -0.39 is 0 Å². The quantitative estimate of drug-likeness (QED) is 0.895. The smallest absolute Gasteiger partial charge is 0.149 e. The number of morpholine rings is 1. The molecule has 0 bridgehead atoms. The molecule has 0 unspecified atom stereocenters. The van der Waals surface area contributed by atoms with Crippen LogP contribution in [0.3, 0.4) is 0 Å². The summed E-state index contributed by atoms with van der Waals surface area (Å²) < 4.78 is 5.75. The van der Waals surface area contributed by atoms with Crippen molar-refractivity contribution in [1.29, 1.82) is 0 Å². The highest BCUT2D eigenvalue weighted by molar-refractivity contribution is 6.29. The van der Waals surface area contributed by atoms with E-state index in [0.717, 1.165) is 32.3 Å². The standard InChI is InChI=1S/C12H17ClN4O/c13-11-6-14-7-12(16-11)15-5-10-8-17(3-4-18-10)9-1-2-9/h6-7,9-10H,1-5,8H2,(H,15,16)/t10-/m0/s1. The Morgan fingerprint density at radius 2 is 2.33 bits per heavy atom. The molecule has 18 heavy (non-hydrogen) atoms. The van der Waals surface area contributed by atoms with E-state index in [2.05, 4.69) is 20.2 Å². The third-order valence-corrected chi connectivity index (χ3v) is 3.53. The van der Waals surface area contributed by atoms with E-state index >= 15 is 0 Å². The molecule has 0 aromatic carbocycles. The van der Waals surface area contributed by atoms with E-state index in [1.54, 1.807) is 6.20 Å². The van der Waals surface area contributed by atoms with Gasteiger partial charge in [0.05, 0.1) is 25.1 Å². The fraction of sp³-hybridized carbons (Fsp3) is 0.667. The summed E-state index contributed by atoms with van der Waals surface area (Å²) in [6, 6.07) is 0.808. The molecular formula is C12H17ClN4O. The predicted molar refractivity (Wildman–Crippen MR) is 69.9 cm³/mol. The molecule has 5 nitrogen and oxygen atoms in total. The molecule has 0 amide bonds. The summed E-state index contributed by atoms with van der Waals surface area (Å²) in [5.74, 6) is 0.703. The molecule has 1 aliphatic heterocycles.